The minimum Gasteiger partial charge on any atom is -0.337 e. The Morgan fingerprint density at radius 2 is 2.06 bits per heavy atom. The van der Waals surface area contributed by atoms with E-state index in [0.717, 1.165) is 5.56 Å². The van der Waals surface area contributed by atoms with Crippen molar-refractivity contribution in [2.75, 3.05) is 13.1 Å². The molecule has 1 aliphatic heterocycles. The number of halogens is 3. The van der Waals surface area contributed by atoms with Gasteiger partial charge in [0.25, 0.3) is 11.5 Å². The number of aromatic amines is 1. The van der Waals surface area contributed by atoms with Crippen molar-refractivity contribution < 1.29 is 9.18 Å². The molecule has 1 saturated heterocycles. The van der Waals surface area contributed by atoms with E-state index in [1.807, 2.05) is 6.07 Å². The van der Waals surface area contributed by atoms with Crippen LogP contribution in [0.4, 0.5) is 4.39 Å². The summed E-state index contributed by atoms with van der Waals surface area (Å²) in [6, 6.07) is 11.5. The van der Waals surface area contributed by atoms with Crippen molar-refractivity contribution in [3.8, 4) is 6.07 Å². The summed E-state index contributed by atoms with van der Waals surface area (Å²) in [6.45, 7) is 0.752. The summed E-state index contributed by atoms with van der Waals surface area (Å²) in [5.41, 5.74) is 2.32. The Labute approximate surface area is 203 Å². The first-order valence-electron chi connectivity index (χ1n) is 10.4. The zero-order chi connectivity index (χ0) is 24.0. The number of nitriles is 1. The Morgan fingerprint density at radius 1 is 1.26 bits per heavy atom. The first-order chi connectivity index (χ1) is 16.4. The molecule has 170 valence electrons. The number of nitrogens with zero attached hydrogens (tertiary/aromatic N) is 4. The lowest BCUT2D eigenvalue weighted by Crippen LogP contribution is -2.49. The zero-order valence-electron chi connectivity index (χ0n) is 17.6. The van der Waals surface area contributed by atoms with E-state index in [-0.39, 0.29) is 33.6 Å². The lowest BCUT2D eigenvalue weighted by Gasteiger charge is -2.39. The summed E-state index contributed by atoms with van der Waals surface area (Å²) < 4.78 is 16.1. The van der Waals surface area contributed by atoms with E-state index in [4.69, 9.17) is 23.2 Å². The summed E-state index contributed by atoms with van der Waals surface area (Å²) in [7, 11) is 0. The van der Waals surface area contributed by atoms with Gasteiger partial charge in [0, 0.05) is 43.5 Å². The maximum Gasteiger partial charge on any atom is 0.272 e. The Hall–Kier alpha value is -3.67. The molecule has 0 bridgehead atoms. The number of hydrogen-bond acceptors (Lipinski definition) is 4. The molecule has 10 heteroatoms. The van der Waals surface area contributed by atoms with Crippen LogP contribution < -0.4 is 5.56 Å². The van der Waals surface area contributed by atoms with Crippen molar-refractivity contribution in [2.24, 2.45) is 0 Å². The molecule has 1 amide bonds. The van der Waals surface area contributed by atoms with Crippen molar-refractivity contribution in [3.05, 3.63) is 103 Å². The van der Waals surface area contributed by atoms with Gasteiger partial charge in [-0.2, -0.15) is 5.26 Å². The Bertz CT molecular complexity index is 1550. The predicted octanol–water partition coefficient (Wildman–Crippen LogP) is 4.17. The van der Waals surface area contributed by atoms with Crippen molar-refractivity contribution in [2.45, 2.75) is 12.3 Å². The van der Waals surface area contributed by atoms with Crippen LogP contribution >= 0.6 is 23.2 Å². The number of carbonyl (C=O) groups is 1. The Kier molecular flexibility index (Phi) is 5.60. The third-order valence-electron chi connectivity index (χ3n) is 5.99. The molecule has 0 spiro atoms. The van der Waals surface area contributed by atoms with Gasteiger partial charge in [-0.1, -0.05) is 35.3 Å². The number of aromatic nitrogens is 3. The van der Waals surface area contributed by atoms with Crippen LogP contribution in [0.15, 0.2) is 53.6 Å². The van der Waals surface area contributed by atoms with Gasteiger partial charge in [-0.05, 0) is 35.4 Å². The van der Waals surface area contributed by atoms with Gasteiger partial charge >= 0.3 is 0 Å². The second kappa shape index (κ2) is 8.60. The van der Waals surface area contributed by atoms with E-state index in [0.29, 0.717) is 35.6 Å². The zero-order valence-corrected chi connectivity index (χ0v) is 19.1. The average Bonchev–Trinajstić information content (AvgIpc) is 3.11. The summed E-state index contributed by atoms with van der Waals surface area (Å²) in [6.07, 6.45) is 3.35. The fourth-order valence-electron chi connectivity index (χ4n) is 4.23. The molecule has 1 aliphatic rings. The third kappa shape index (κ3) is 3.73. The smallest absolute Gasteiger partial charge is 0.272 e. The second-order valence-corrected chi connectivity index (χ2v) is 8.83. The van der Waals surface area contributed by atoms with Gasteiger partial charge in [-0.3, -0.25) is 14.0 Å². The van der Waals surface area contributed by atoms with Crippen LogP contribution in [0.2, 0.25) is 10.2 Å². The molecule has 3 aromatic heterocycles. The number of benzene rings is 1. The van der Waals surface area contributed by atoms with Crippen LogP contribution in [-0.2, 0) is 6.42 Å². The number of hydrogen-bond donors (Lipinski definition) is 1. The first kappa shape index (κ1) is 22.1. The molecule has 4 heterocycles. The van der Waals surface area contributed by atoms with Crippen LogP contribution in [0.3, 0.4) is 0 Å². The van der Waals surface area contributed by atoms with Gasteiger partial charge in [0.2, 0.25) is 0 Å². The molecule has 0 radical (unpaired) electrons. The average molecular weight is 496 g/mol. The highest BCUT2D eigenvalue weighted by molar-refractivity contribution is 6.42. The Morgan fingerprint density at radius 3 is 2.82 bits per heavy atom. The van der Waals surface area contributed by atoms with Crippen LogP contribution in [0, 0.1) is 17.1 Å². The molecule has 0 aliphatic carbocycles. The van der Waals surface area contributed by atoms with Gasteiger partial charge in [-0.15, -0.1) is 0 Å². The lowest BCUT2D eigenvalue weighted by molar-refractivity contribution is 0.0596. The quantitative estimate of drug-likeness (QED) is 0.459. The number of pyridine rings is 1. The molecule has 1 fully saturated rings. The summed E-state index contributed by atoms with van der Waals surface area (Å²) >= 11 is 12.4. The lowest BCUT2D eigenvalue weighted by atomic mass is 9.89. The minimum absolute atomic E-state index is 0.0198. The maximum atomic E-state index is 14.6. The number of likely N-dealkylation sites (tertiary alicyclic amines) is 1. The van der Waals surface area contributed by atoms with Gasteiger partial charge < -0.3 is 9.88 Å². The monoisotopic (exact) mass is 495 g/mol. The molecule has 0 saturated carbocycles. The standard InChI is InChI=1S/C24H16Cl2FN5O2/c25-18-8-21-23(33)30-10-15(32(21)22(18)26)6-13-3-4-19(27)17(7-13)24(34)31-11-14(12-31)16-2-1-5-29-20(16)9-28/h1-5,7-8,10,14H,6,11-12H2,(H,30,33). The van der Waals surface area contributed by atoms with Crippen molar-refractivity contribution >= 4 is 34.6 Å². The maximum absolute atomic E-state index is 14.6. The molecular weight excluding hydrogens is 480 g/mol. The van der Waals surface area contributed by atoms with E-state index in [1.165, 1.54) is 28.8 Å². The summed E-state index contributed by atoms with van der Waals surface area (Å²) in [5, 5.41) is 9.70. The molecule has 1 aromatic carbocycles. The predicted molar refractivity (Wildman–Crippen MR) is 125 cm³/mol. The third-order valence-corrected chi connectivity index (χ3v) is 6.74. The molecule has 1 N–H and O–H groups in total. The van der Waals surface area contributed by atoms with Gasteiger partial charge in [0.1, 0.15) is 28.3 Å². The highest BCUT2D eigenvalue weighted by Crippen LogP contribution is 2.31. The van der Waals surface area contributed by atoms with Crippen LogP contribution in [0.5, 0.6) is 0 Å². The fraction of sp³-hybridized carbons (Fsp3) is 0.167. The van der Waals surface area contributed by atoms with E-state index in [9.17, 15) is 19.2 Å². The number of fused-ring (bicyclic) bond motifs is 1. The molecule has 34 heavy (non-hydrogen) atoms. The van der Waals surface area contributed by atoms with Crippen molar-refractivity contribution in [1.82, 2.24) is 19.3 Å². The summed E-state index contributed by atoms with van der Waals surface area (Å²) in [4.78, 5) is 33.4. The SMILES string of the molecule is N#Cc1ncccc1C1CN(C(=O)c2cc(Cc3c[nH]c(=O)c4cc(Cl)c(Cl)n34)ccc2F)C1. The molecule has 5 rings (SSSR count). The van der Waals surface area contributed by atoms with Crippen LogP contribution in [0.25, 0.3) is 5.52 Å². The highest BCUT2D eigenvalue weighted by Gasteiger charge is 2.34. The van der Waals surface area contributed by atoms with Crippen LogP contribution in [0.1, 0.15) is 38.8 Å². The molecule has 0 atom stereocenters. The largest absolute Gasteiger partial charge is 0.337 e. The second-order valence-electron chi connectivity index (χ2n) is 8.06. The number of carbonyl (C=O) groups excluding carboxylic acids is 1. The van der Waals surface area contributed by atoms with E-state index in [2.05, 4.69) is 16.0 Å². The van der Waals surface area contributed by atoms with E-state index < -0.39 is 11.7 Å². The molecular formula is C24H16Cl2FN5O2. The number of nitrogens with one attached hydrogen (secondary N) is 1. The van der Waals surface area contributed by atoms with Gasteiger partial charge in [0.05, 0.1) is 10.6 Å². The topological polar surface area (TPSA) is 94.3 Å². The first-order valence-corrected chi connectivity index (χ1v) is 11.1. The summed E-state index contributed by atoms with van der Waals surface area (Å²) in [5.74, 6) is -1.06. The van der Waals surface area contributed by atoms with Crippen LogP contribution in [-0.4, -0.2) is 38.3 Å². The van der Waals surface area contributed by atoms with E-state index in [1.54, 1.807) is 23.2 Å². The Balaban J connectivity index is 1.39. The molecule has 0 unspecified atom stereocenters. The molecule has 7 nitrogen and oxygen atoms in total. The normalized spacial score (nSPS) is 13.6. The fourth-order valence-corrected chi connectivity index (χ4v) is 4.67. The van der Waals surface area contributed by atoms with Crippen molar-refractivity contribution in [3.63, 3.8) is 0 Å². The number of amides is 1. The van der Waals surface area contributed by atoms with Crippen molar-refractivity contribution in [1.29, 1.82) is 5.26 Å². The van der Waals surface area contributed by atoms with E-state index >= 15 is 0 Å². The van der Waals surface area contributed by atoms with Gasteiger partial charge in [0.15, 0.2) is 0 Å². The highest BCUT2D eigenvalue weighted by atomic mass is 35.5. The number of H-pyrrole nitrogens is 1. The minimum atomic E-state index is -0.620. The number of rotatable bonds is 4. The van der Waals surface area contributed by atoms with Gasteiger partial charge in [-0.25, -0.2) is 9.37 Å². The molecule has 4 aromatic rings.